The van der Waals surface area contributed by atoms with Crippen LogP contribution in [0.4, 0.5) is 5.82 Å². The average Bonchev–Trinajstić information content (AvgIpc) is 3.05. The molecule has 2 N–H and O–H groups in total. The van der Waals surface area contributed by atoms with Gasteiger partial charge in [0.15, 0.2) is 0 Å². The third-order valence-electron chi connectivity index (χ3n) is 6.25. The molecule has 146 valence electrons. The number of fused-ring (bicyclic) bond motifs is 2. The Balaban J connectivity index is 0.00000120. The summed E-state index contributed by atoms with van der Waals surface area (Å²) in [7, 11) is 0. The molecule has 2 aliphatic carbocycles. The quantitative estimate of drug-likeness (QED) is 0.656. The van der Waals surface area contributed by atoms with Crippen LogP contribution >= 0.6 is 11.5 Å². The van der Waals surface area contributed by atoms with Gasteiger partial charge in [-0.25, -0.2) is 0 Å². The fourth-order valence-electron chi connectivity index (χ4n) is 4.64. The Morgan fingerprint density at radius 2 is 2.11 bits per heavy atom. The molecule has 2 unspecified atom stereocenters. The molecule has 27 heavy (non-hydrogen) atoms. The molecule has 1 aromatic carbocycles. The molecule has 2 aromatic rings. The summed E-state index contributed by atoms with van der Waals surface area (Å²) >= 11 is 1.57. The van der Waals surface area contributed by atoms with Crippen molar-refractivity contribution in [3.05, 3.63) is 48.1 Å². The van der Waals surface area contributed by atoms with Crippen molar-refractivity contribution >= 4 is 27.4 Å². The highest BCUT2D eigenvalue weighted by atomic mass is 32.1. The van der Waals surface area contributed by atoms with E-state index in [1.54, 1.807) is 11.5 Å². The highest BCUT2D eigenvalue weighted by Gasteiger charge is 2.56. The van der Waals surface area contributed by atoms with Gasteiger partial charge in [0.2, 0.25) is 0 Å². The van der Waals surface area contributed by atoms with Gasteiger partial charge in [0.1, 0.15) is 5.82 Å². The summed E-state index contributed by atoms with van der Waals surface area (Å²) in [5, 5.41) is 8.32. The molecule has 5 heteroatoms. The zero-order valence-corrected chi connectivity index (χ0v) is 16.6. The second-order valence-electron chi connectivity index (χ2n) is 8.06. The molecule has 1 saturated carbocycles. The van der Waals surface area contributed by atoms with Gasteiger partial charge in [-0.3, -0.25) is 4.90 Å². The smallest absolute Gasteiger partial charge is 0.147 e. The zero-order chi connectivity index (χ0) is 18.1. The van der Waals surface area contributed by atoms with Gasteiger partial charge in [0.05, 0.1) is 4.70 Å². The van der Waals surface area contributed by atoms with Crippen LogP contribution < -0.4 is 10.6 Å². The molecule has 1 aliphatic heterocycles. The van der Waals surface area contributed by atoms with Crippen LogP contribution in [0, 0.1) is 5.92 Å². The predicted octanol–water partition coefficient (Wildman–Crippen LogP) is 4.53. The van der Waals surface area contributed by atoms with E-state index < -0.39 is 0 Å². The number of rotatable bonds is 8. The third kappa shape index (κ3) is 3.44. The largest absolute Gasteiger partial charge is 0.369 e. The molecule has 0 bridgehead atoms. The average molecular weight is 385 g/mol. The lowest BCUT2D eigenvalue weighted by Gasteiger charge is -2.27. The van der Waals surface area contributed by atoms with Crippen molar-refractivity contribution < 1.29 is 2.85 Å². The van der Waals surface area contributed by atoms with E-state index in [0.29, 0.717) is 5.54 Å². The first-order valence-electron chi connectivity index (χ1n) is 10.3. The molecule has 0 amide bonds. The Bertz CT molecular complexity index is 875. The monoisotopic (exact) mass is 384 g/mol. The molecule has 4 nitrogen and oxygen atoms in total. The minimum atomic E-state index is 0. The molecule has 1 aromatic heterocycles. The Morgan fingerprint density at radius 3 is 3.00 bits per heavy atom. The maximum atomic E-state index is 4.53. The van der Waals surface area contributed by atoms with E-state index in [0.717, 1.165) is 37.8 Å². The fraction of sp³-hybridized carbons (Fsp3) is 0.500. The van der Waals surface area contributed by atoms with Gasteiger partial charge in [-0.2, -0.15) is 4.37 Å². The lowest BCUT2D eigenvalue weighted by atomic mass is 10.0. The summed E-state index contributed by atoms with van der Waals surface area (Å²) in [4.78, 5) is 2.71. The van der Waals surface area contributed by atoms with Crippen molar-refractivity contribution in [1.29, 1.82) is 0 Å². The first-order chi connectivity index (χ1) is 13.4. The van der Waals surface area contributed by atoms with Crippen LogP contribution in [0.3, 0.4) is 0 Å². The summed E-state index contributed by atoms with van der Waals surface area (Å²) in [6.07, 6.45) is 12.6. The SMILES string of the molecule is C1=CC2(N3CCCC3)CC2C=C1CNCCCNc1nsc2ccccc12.[HH].[HH]. The fourth-order valence-corrected chi connectivity index (χ4v) is 5.40. The molecule has 5 rings (SSSR count). The molecule has 0 spiro atoms. The van der Waals surface area contributed by atoms with Crippen molar-refractivity contribution in [2.24, 2.45) is 5.92 Å². The van der Waals surface area contributed by atoms with Gasteiger partial charge in [-0.15, -0.1) is 0 Å². The van der Waals surface area contributed by atoms with E-state index in [2.05, 4.69) is 62.4 Å². The van der Waals surface area contributed by atoms with Crippen molar-refractivity contribution in [2.75, 3.05) is 38.0 Å². The van der Waals surface area contributed by atoms with Gasteiger partial charge in [-0.05, 0) is 74.6 Å². The Hall–Kier alpha value is -1.69. The standard InChI is InChI=1S/C22H28N4S.2H2/c1-2-7-20-19(6-1)21(25-27-20)24-11-5-10-23-16-17-8-9-22(15-18(22)14-17)26-12-3-4-13-26;;/h1-2,6-9,14,18,23H,3-5,10-13,15-16H2,(H,24,25);2*1H. The van der Waals surface area contributed by atoms with Crippen molar-refractivity contribution in [3.8, 4) is 0 Å². The lowest BCUT2D eigenvalue weighted by Crippen LogP contribution is -2.36. The number of hydrogen-bond donors (Lipinski definition) is 2. The highest BCUT2D eigenvalue weighted by Crippen LogP contribution is 2.54. The van der Waals surface area contributed by atoms with E-state index in [4.69, 9.17) is 0 Å². The topological polar surface area (TPSA) is 40.2 Å². The van der Waals surface area contributed by atoms with Crippen molar-refractivity contribution in [1.82, 2.24) is 14.6 Å². The number of benzene rings is 1. The molecular weight excluding hydrogens is 352 g/mol. The van der Waals surface area contributed by atoms with E-state index in [9.17, 15) is 0 Å². The van der Waals surface area contributed by atoms with Gasteiger partial charge in [0, 0.05) is 32.8 Å². The lowest BCUT2D eigenvalue weighted by molar-refractivity contribution is 0.254. The zero-order valence-electron chi connectivity index (χ0n) is 15.8. The van der Waals surface area contributed by atoms with E-state index in [-0.39, 0.29) is 2.85 Å². The second-order valence-corrected chi connectivity index (χ2v) is 8.86. The first-order valence-corrected chi connectivity index (χ1v) is 11.1. The van der Waals surface area contributed by atoms with Crippen LogP contribution in [-0.2, 0) is 0 Å². The Kier molecular flexibility index (Phi) is 4.76. The summed E-state index contributed by atoms with van der Waals surface area (Å²) in [6.45, 7) is 5.56. The minimum Gasteiger partial charge on any atom is -0.369 e. The summed E-state index contributed by atoms with van der Waals surface area (Å²) < 4.78 is 5.78. The van der Waals surface area contributed by atoms with Crippen LogP contribution in [0.25, 0.3) is 10.1 Å². The Morgan fingerprint density at radius 1 is 1.22 bits per heavy atom. The Labute approximate surface area is 168 Å². The van der Waals surface area contributed by atoms with Crippen molar-refractivity contribution in [2.45, 2.75) is 31.2 Å². The molecule has 2 fully saturated rings. The summed E-state index contributed by atoms with van der Waals surface area (Å²) in [6, 6.07) is 8.41. The second kappa shape index (κ2) is 7.38. The van der Waals surface area contributed by atoms with Gasteiger partial charge >= 0.3 is 0 Å². The highest BCUT2D eigenvalue weighted by molar-refractivity contribution is 7.13. The number of hydrogen-bond acceptors (Lipinski definition) is 5. The third-order valence-corrected chi connectivity index (χ3v) is 7.08. The molecule has 0 radical (unpaired) electrons. The van der Waals surface area contributed by atoms with Crippen LogP contribution in [-0.4, -0.2) is 47.5 Å². The summed E-state index contributed by atoms with van der Waals surface area (Å²) in [5.41, 5.74) is 1.87. The minimum absolute atomic E-state index is 0. The first kappa shape index (κ1) is 17.4. The maximum Gasteiger partial charge on any atom is 0.147 e. The molecule has 3 aliphatic rings. The number of aromatic nitrogens is 1. The van der Waals surface area contributed by atoms with Crippen LogP contribution in [0.1, 0.15) is 28.5 Å². The molecular formula is C22H32N4S. The molecule has 1 saturated heterocycles. The maximum absolute atomic E-state index is 4.53. The van der Waals surface area contributed by atoms with Crippen LogP contribution in [0.15, 0.2) is 48.1 Å². The van der Waals surface area contributed by atoms with Crippen LogP contribution in [0.2, 0.25) is 0 Å². The summed E-state index contributed by atoms with van der Waals surface area (Å²) in [5.74, 6) is 1.79. The van der Waals surface area contributed by atoms with Gasteiger partial charge < -0.3 is 10.6 Å². The normalized spacial score (nSPS) is 27.0. The van der Waals surface area contributed by atoms with Gasteiger partial charge in [-0.1, -0.05) is 30.4 Å². The van der Waals surface area contributed by atoms with Crippen LogP contribution in [0.5, 0.6) is 0 Å². The number of likely N-dealkylation sites (tertiary alicyclic amines) is 1. The molecule has 2 heterocycles. The number of nitrogens with one attached hydrogen (secondary N) is 2. The number of anilines is 1. The predicted molar refractivity (Wildman–Crippen MR) is 119 cm³/mol. The van der Waals surface area contributed by atoms with Crippen molar-refractivity contribution in [3.63, 3.8) is 0 Å². The van der Waals surface area contributed by atoms with Gasteiger partial charge in [0.25, 0.3) is 0 Å². The van der Waals surface area contributed by atoms with E-state index in [1.807, 2.05) is 0 Å². The molecule has 2 atom stereocenters. The van der Waals surface area contributed by atoms with E-state index >= 15 is 0 Å². The van der Waals surface area contributed by atoms with E-state index in [1.165, 1.54) is 48.0 Å². The number of nitrogens with zero attached hydrogens (tertiary/aromatic N) is 2.